The lowest BCUT2D eigenvalue weighted by Crippen LogP contribution is -2.60. The van der Waals surface area contributed by atoms with Crippen molar-refractivity contribution >= 4 is 23.9 Å². The number of carbonyl (C=O) groups excluding carboxylic acids is 1. The van der Waals surface area contributed by atoms with Crippen molar-refractivity contribution in [3.05, 3.63) is 79.9 Å². The SMILES string of the molecule is CCCC(c1ccc(C(=O)O)c(C(=O)O)c1)(c1ccc(C(=O)O)c(C(=O)O[N+](=O)[O-])c1)[C@]1(O)CO[C@@H]2[C@@H](O)CO[C@@H]21. The Labute approximate surface area is 230 Å². The lowest BCUT2D eigenvalue weighted by atomic mass is 9.58. The molecule has 0 radical (unpaired) electrons. The molecule has 0 aliphatic carbocycles. The number of aliphatic hydroxyl groups is 2. The van der Waals surface area contributed by atoms with Crippen molar-refractivity contribution in [1.82, 2.24) is 0 Å². The summed E-state index contributed by atoms with van der Waals surface area (Å²) >= 11 is 0. The van der Waals surface area contributed by atoms with Crippen molar-refractivity contribution in [3.63, 3.8) is 0 Å². The van der Waals surface area contributed by atoms with Crippen LogP contribution in [-0.4, -0.2) is 91.6 Å². The Hall–Kier alpha value is -4.44. The van der Waals surface area contributed by atoms with Gasteiger partial charge in [0.15, 0.2) is 0 Å². The lowest BCUT2D eigenvalue weighted by Gasteiger charge is -2.48. The van der Waals surface area contributed by atoms with Crippen LogP contribution in [0.1, 0.15) is 72.3 Å². The molecule has 2 fully saturated rings. The van der Waals surface area contributed by atoms with Gasteiger partial charge >= 0.3 is 29.0 Å². The molecule has 41 heavy (non-hydrogen) atoms. The van der Waals surface area contributed by atoms with Crippen LogP contribution in [0.4, 0.5) is 0 Å². The van der Waals surface area contributed by atoms with Crippen molar-refractivity contribution < 1.29 is 64.1 Å². The minimum Gasteiger partial charge on any atom is -0.478 e. The zero-order valence-electron chi connectivity index (χ0n) is 21.4. The molecule has 0 saturated carbocycles. The molecule has 0 amide bonds. The first kappa shape index (κ1) is 29.5. The maximum Gasteiger partial charge on any atom is 0.336 e. The van der Waals surface area contributed by atoms with Gasteiger partial charge in [-0.2, -0.15) is 0 Å². The highest BCUT2D eigenvalue weighted by molar-refractivity contribution is 6.03. The molecule has 2 aromatic rings. The van der Waals surface area contributed by atoms with Gasteiger partial charge in [0.25, 0.3) is 0 Å². The topological polar surface area (TPSA) is 240 Å². The normalized spacial score (nSPS) is 24.7. The first-order valence-electron chi connectivity index (χ1n) is 12.3. The Morgan fingerprint density at radius 1 is 0.976 bits per heavy atom. The largest absolute Gasteiger partial charge is 0.478 e. The van der Waals surface area contributed by atoms with Crippen molar-refractivity contribution in [2.45, 2.75) is 49.1 Å². The molecular weight excluding hydrogens is 550 g/mol. The molecule has 0 aromatic heterocycles. The van der Waals surface area contributed by atoms with E-state index in [0.717, 1.165) is 24.3 Å². The molecule has 5 N–H and O–H groups in total. The molecule has 1 unspecified atom stereocenters. The smallest absolute Gasteiger partial charge is 0.336 e. The molecule has 4 rings (SSSR count). The minimum atomic E-state index is -2.11. The van der Waals surface area contributed by atoms with Gasteiger partial charge < -0.3 is 35.0 Å². The average molecular weight is 575 g/mol. The molecule has 0 bridgehead atoms. The number of nitrogens with zero attached hydrogens (tertiary/aromatic N) is 1. The van der Waals surface area contributed by atoms with Gasteiger partial charge in [-0.25, -0.2) is 19.2 Å². The van der Waals surface area contributed by atoms with Crippen LogP contribution in [0.3, 0.4) is 0 Å². The number of aliphatic hydroxyl groups excluding tert-OH is 1. The maximum absolute atomic E-state index is 12.6. The van der Waals surface area contributed by atoms with E-state index < -0.39 is 87.2 Å². The summed E-state index contributed by atoms with van der Waals surface area (Å²) in [6, 6.07) is 6.53. The van der Waals surface area contributed by atoms with Crippen LogP contribution in [0.15, 0.2) is 36.4 Å². The van der Waals surface area contributed by atoms with Crippen molar-refractivity contribution in [2.75, 3.05) is 13.2 Å². The molecule has 2 aromatic carbocycles. The number of carbonyl (C=O) groups is 4. The van der Waals surface area contributed by atoms with Gasteiger partial charge in [-0.05, 0) is 41.8 Å². The highest BCUT2D eigenvalue weighted by Gasteiger charge is 2.66. The van der Waals surface area contributed by atoms with Gasteiger partial charge in [-0.15, -0.1) is 10.1 Å². The number of hydrogen-bond donors (Lipinski definition) is 5. The van der Waals surface area contributed by atoms with Crippen molar-refractivity contribution in [1.29, 1.82) is 0 Å². The van der Waals surface area contributed by atoms with Crippen LogP contribution in [0.25, 0.3) is 0 Å². The summed E-state index contributed by atoms with van der Waals surface area (Å²) in [4.78, 5) is 63.3. The predicted octanol–water partition coefficient (Wildman–Crippen LogP) is 1.11. The molecular formula is C26H25NO14. The van der Waals surface area contributed by atoms with Gasteiger partial charge in [0.05, 0.1) is 40.9 Å². The third kappa shape index (κ3) is 4.78. The molecule has 2 aliphatic heterocycles. The van der Waals surface area contributed by atoms with Crippen molar-refractivity contribution in [3.8, 4) is 0 Å². The summed E-state index contributed by atoms with van der Waals surface area (Å²) in [5, 5.41) is 61.3. The lowest BCUT2D eigenvalue weighted by molar-refractivity contribution is -0.727. The Balaban J connectivity index is 2.09. The van der Waals surface area contributed by atoms with Gasteiger partial charge in [0.2, 0.25) is 0 Å². The Kier molecular flexibility index (Phi) is 7.82. The van der Waals surface area contributed by atoms with E-state index in [4.69, 9.17) is 9.47 Å². The summed E-state index contributed by atoms with van der Waals surface area (Å²) in [5.74, 6) is -6.36. The van der Waals surface area contributed by atoms with E-state index in [0.29, 0.717) is 0 Å². The second-order valence-electron chi connectivity index (χ2n) is 9.72. The van der Waals surface area contributed by atoms with E-state index in [9.17, 15) is 54.8 Å². The average Bonchev–Trinajstić information content (AvgIpc) is 3.46. The van der Waals surface area contributed by atoms with E-state index in [1.165, 1.54) is 12.1 Å². The number of benzene rings is 2. The molecule has 15 nitrogen and oxygen atoms in total. The highest BCUT2D eigenvalue weighted by Crippen LogP contribution is 2.53. The highest BCUT2D eigenvalue weighted by atomic mass is 17.0. The summed E-state index contributed by atoms with van der Waals surface area (Å²) in [5.41, 5.74) is -6.45. The monoisotopic (exact) mass is 575 g/mol. The van der Waals surface area contributed by atoms with E-state index >= 15 is 0 Å². The van der Waals surface area contributed by atoms with Crippen molar-refractivity contribution in [2.24, 2.45) is 0 Å². The number of hydrogen-bond acceptors (Lipinski definition) is 11. The fraction of sp³-hybridized carbons (Fsp3) is 0.385. The van der Waals surface area contributed by atoms with Crippen LogP contribution >= 0.6 is 0 Å². The van der Waals surface area contributed by atoms with Crippen LogP contribution < -0.4 is 0 Å². The summed E-state index contributed by atoms with van der Waals surface area (Å²) in [6.07, 6.45) is -3.09. The summed E-state index contributed by atoms with van der Waals surface area (Å²) < 4.78 is 11.4. The molecule has 0 spiro atoms. The van der Waals surface area contributed by atoms with Crippen LogP contribution in [0.5, 0.6) is 0 Å². The molecule has 5 atom stereocenters. The zero-order chi connectivity index (χ0) is 30.3. The summed E-state index contributed by atoms with van der Waals surface area (Å²) in [6.45, 7) is 1.03. The van der Waals surface area contributed by atoms with E-state index in [1.807, 2.05) is 0 Å². The maximum atomic E-state index is 12.6. The molecule has 15 heteroatoms. The standard InChI is InChI=1S/C26H25NO14/c1-2-7-25(26(36)11-40-19-18(28)10-39-20(19)26,12-3-5-14(21(29)30)16(8-12)23(33)34)13-4-6-15(22(31)32)17(9-13)24(35)41-27(37)38/h3-6,8-9,18-20,28,36H,2,7,10-11H2,1H3,(H,29,30)(H,31,32)(H,33,34)/t18-,19+,20-,25?,26-/m0/s1. The Morgan fingerprint density at radius 2 is 1.51 bits per heavy atom. The number of carboxylic acids is 3. The van der Waals surface area contributed by atoms with Crippen LogP contribution in [0, 0.1) is 10.1 Å². The Morgan fingerprint density at radius 3 is 2.02 bits per heavy atom. The van der Waals surface area contributed by atoms with Gasteiger partial charge in [0.1, 0.15) is 23.9 Å². The third-order valence-corrected chi connectivity index (χ3v) is 7.55. The first-order chi connectivity index (χ1) is 19.3. The van der Waals surface area contributed by atoms with E-state index in [1.54, 1.807) is 6.92 Å². The number of aromatic carboxylic acids is 3. The fourth-order valence-electron chi connectivity index (χ4n) is 5.88. The van der Waals surface area contributed by atoms with Gasteiger partial charge in [0, 0.05) is 0 Å². The van der Waals surface area contributed by atoms with Gasteiger partial charge in [-0.3, -0.25) is 4.79 Å². The summed E-state index contributed by atoms with van der Waals surface area (Å²) in [7, 11) is 0. The van der Waals surface area contributed by atoms with E-state index in [-0.39, 0.29) is 30.6 Å². The second-order valence-corrected chi connectivity index (χ2v) is 9.72. The van der Waals surface area contributed by atoms with E-state index in [2.05, 4.69) is 4.84 Å². The quantitative estimate of drug-likeness (QED) is 0.197. The molecule has 2 saturated heterocycles. The number of carboxylic acid groups (broad SMARTS) is 3. The fourth-order valence-corrected chi connectivity index (χ4v) is 5.88. The Bertz CT molecular complexity index is 1440. The predicted molar refractivity (Wildman–Crippen MR) is 132 cm³/mol. The van der Waals surface area contributed by atoms with Gasteiger partial charge in [-0.1, -0.05) is 25.5 Å². The number of ether oxygens (including phenoxy) is 2. The van der Waals surface area contributed by atoms with Crippen LogP contribution in [0.2, 0.25) is 0 Å². The minimum absolute atomic E-state index is 0.00389. The number of rotatable bonds is 10. The molecule has 2 aliphatic rings. The molecule has 218 valence electrons. The number of fused-ring (bicyclic) bond motifs is 1. The first-order valence-corrected chi connectivity index (χ1v) is 12.3. The molecule has 2 heterocycles. The third-order valence-electron chi connectivity index (χ3n) is 7.55. The second kappa shape index (κ2) is 10.9. The van der Waals surface area contributed by atoms with Crippen LogP contribution in [-0.2, 0) is 19.7 Å². The zero-order valence-corrected chi connectivity index (χ0v) is 21.4.